The number of nitrogens with one attached hydrogen (secondary N) is 1. The minimum absolute atomic E-state index is 0.128. The molecule has 2 aromatic carbocycles. The summed E-state index contributed by atoms with van der Waals surface area (Å²) < 4.78 is 5.75. The van der Waals surface area contributed by atoms with Crippen molar-refractivity contribution in [3.63, 3.8) is 0 Å². The van der Waals surface area contributed by atoms with Gasteiger partial charge in [-0.1, -0.05) is 29.8 Å². The Morgan fingerprint density at radius 2 is 1.75 bits per heavy atom. The maximum atomic E-state index is 11.1. The number of ketones is 1. The predicted octanol–water partition coefficient (Wildman–Crippen LogP) is 3.61. The molecule has 28 heavy (non-hydrogen) atoms. The van der Waals surface area contributed by atoms with Gasteiger partial charge in [0.1, 0.15) is 18.1 Å². The van der Waals surface area contributed by atoms with Crippen LogP contribution in [0.2, 0.25) is 0 Å². The number of Topliss-reactive ketones (excluding diaryl/α,β-unsaturated/α-hetero) is 1. The number of ether oxygens (including phenoxy) is 1. The van der Waals surface area contributed by atoms with Crippen molar-refractivity contribution in [3.05, 3.63) is 65.5 Å². The summed E-state index contributed by atoms with van der Waals surface area (Å²) in [5.74, 6) is 1.81. The molecule has 144 valence electrons. The van der Waals surface area contributed by atoms with E-state index in [1.165, 1.54) is 5.56 Å². The Morgan fingerprint density at radius 3 is 2.43 bits per heavy atom. The van der Waals surface area contributed by atoms with Crippen LogP contribution in [0.5, 0.6) is 5.75 Å². The highest BCUT2D eigenvalue weighted by Crippen LogP contribution is 2.17. The summed E-state index contributed by atoms with van der Waals surface area (Å²) in [6.07, 6.45) is 1.27. The molecule has 0 aliphatic heterocycles. The molecular weight excluding hydrogens is 354 g/mol. The summed E-state index contributed by atoms with van der Waals surface area (Å²) in [5.41, 5.74) is 8.93. The topological polar surface area (TPSA) is 103 Å². The summed E-state index contributed by atoms with van der Waals surface area (Å²) in [6.45, 7) is 3.79. The van der Waals surface area contributed by atoms with Crippen molar-refractivity contribution >= 4 is 23.4 Å². The molecule has 0 amide bonds. The van der Waals surface area contributed by atoms with Crippen LogP contribution in [-0.4, -0.2) is 20.7 Å². The van der Waals surface area contributed by atoms with Gasteiger partial charge in [-0.2, -0.15) is 15.0 Å². The van der Waals surface area contributed by atoms with Crippen LogP contribution in [0.3, 0.4) is 0 Å². The number of benzene rings is 2. The van der Waals surface area contributed by atoms with Gasteiger partial charge >= 0.3 is 0 Å². The number of hydrogen-bond acceptors (Lipinski definition) is 7. The molecule has 0 saturated carbocycles. The zero-order valence-corrected chi connectivity index (χ0v) is 16.0. The maximum Gasteiger partial charge on any atom is 0.232 e. The van der Waals surface area contributed by atoms with E-state index in [0.717, 1.165) is 17.7 Å². The first-order valence-electron chi connectivity index (χ1n) is 9.03. The molecule has 1 aromatic heterocycles. The number of rotatable bonds is 8. The van der Waals surface area contributed by atoms with Crippen LogP contribution in [0.4, 0.5) is 17.6 Å². The Bertz CT molecular complexity index is 940. The zero-order valence-electron chi connectivity index (χ0n) is 16.0. The number of nitrogens with zero attached hydrogens (tertiary/aromatic N) is 3. The molecule has 0 radical (unpaired) electrons. The molecule has 0 aliphatic carbocycles. The van der Waals surface area contributed by atoms with Gasteiger partial charge in [-0.3, -0.25) is 0 Å². The third kappa shape index (κ3) is 5.77. The highest BCUT2D eigenvalue weighted by Gasteiger charge is 2.06. The van der Waals surface area contributed by atoms with Crippen LogP contribution >= 0.6 is 0 Å². The second-order valence-electron chi connectivity index (χ2n) is 6.56. The first-order chi connectivity index (χ1) is 13.5. The first-order valence-corrected chi connectivity index (χ1v) is 9.03. The lowest BCUT2D eigenvalue weighted by Crippen LogP contribution is -2.09. The van der Waals surface area contributed by atoms with Gasteiger partial charge in [0, 0.05) is 12.1 Å². The first kappa shape index (κ1) is 19.3. The molecule has 3 N–H and O–H groups in total. The maximum absolute atomic E-state index is 11.1. The third-order valence-corrected chi connectivity index (χ3v) is 4.06. The van der Waals surface area contributed by atoms with Crippen LogP contribution in [0, 0.1) is 6.92 Å². The van der Waals surface area contributed by atoms with E-state index < -0.39 is 0 Å². The van der Waals surface area contributed by atoms with Crippen LogP contribution < -0.4 is 15.8 Å². The zero-order chi connectivity index (χ0) is 19.9. The van der Waals surface area contributed by atoms with E-state index in [2.05, 4.69) is 20.3 Å². The summed E-state index contributed by atoms with van der Waals surface area (Å²) in [7, 11) is 0. The van der Waals surface area contributed by atoms with Crippen LogP contribution in [0.15, 0.2) is 48.5 Å². The molecule has 1 heterocycles. The number of hydrogen-bond donors (Lipinski definition) is 2. The molecule has 0 spiro atoms. The van der Waals surface area contributed by atoms with Gasteiger partial charge in [-0.25, -0.2) is 0 Å². The van der Waals surface area contributed by atoms with Crippen LogP contribution in [0.25, 0.3) is 0 Å². The molecule has 0 fully saturated rings. The van der Waals surface area contributed by atoms with Crippen molar-refractivity contribution in [2.45, 2.75) is 33.3 Å². The Kier molecular flexibility index (Phi) is 6.16. The standard InChI is InChI=1S/C21H23N5O2/c1-14-3-9-17(10-4-14)23-21-25-19(24-20(22)26-21)13-28-18-11-7-16(8-12-18)6-5-15(2)27/h3-4,7-12H,5-6,13H2,1-2H3,(H3,22,23,24,25,26). The van der Waals surface area contributed by atoms with Gasteiger partial charge in [-0.05, 0) is 50.1 Å². The average molecular weight is 377 g/mol. The van der Waals surface area contributed by atoms with Crippen molar-refractivity contribution < 1.29 is 9.53 Å². The number of carbonyl (C=O) groups excluding carboxylic acids is 1. The lowest BCUT2D eigenvalue weighted by Gasteiger charge is -2.09. The van der Waals surface area contributed by atoms with E-state index >= 15 is 0 Å². The molecule has 7 heteroatoms. The Labute approximate surface area is 164 Å². The molecule has 0 saturated heterocycles. The van der Waals surface area contributed by atoms with Gasteiger partial charge in [0.15, 0.2) is 5.82 Å². The van der Waals surface area contributed by atoms with Crippen molar-refractivity contribution in [1.82, 2.24) is 15.0 Å². The second kappa shape index (κ2) is 8.94. The highest BCUT2D eigenvalue weighted by molar-refractivity contribution is 5.75. The molecule has 3 aromatic rings. The SMILES string of the molecule is CC(=O)CCc1ccc(OCc2nc(N)nc(Nc3ccc(C)cc3)n2)cc1. The van der Waals surface area contributed by atoms with Gasteiger partial charge in [0.05, 0.1) is 0 Å². The molecule has 0 aliphatic rings. The van der Waals surface area contributed by atoms with Gasteiger partial charge in [-0.15, -0.1) is 0 Å². The molecule has 0 unspecified atom stereocenters. The molecule has 0 atom stereocenters. The summed E-state index contributed by atoms with van der Waals surface area (Å²) >= 11 is 0. The minimum atomic E-state index is 0.128. The van der Waals surface area contributed by atoms with Crippen LogP contribution in [-0.2, 0) is 17.8 Å². The average Bonchev–Trinajstić information content (AvgIpc) is 2.67. The molecular formula is C21H23N5O2. The monoisotopic (exact) mass is 377 g/mol. The fourth-order valence-electron chi connectivity index (χ4n) is 2.55. The lowest BCUT2D eigenvalue weighted by atomic mass is 10.1. The second-order valence-corrected chi connectivity index (χ2v) is 6.56. The van der Waals surface area contributed by atoms with E-state index in [9.17, 15) is 4.79 Å². The van der Waals surface area contributed by atoms with E-state index in [-0.39, 0.29) is 18.3 Å². The lowest BCUT2D eigenvalue weighted by molar-refractivity contribution is -0.116. The quantitative estimate of drug-likeness (QED) is 0.618. The number of nitrogens with two attached hydrogens (primary N) is 1. The number of aromatic nitrogens is 3. The summed E-state index contributed by atoms with van der Waals surface area (Å²) in [6, 6.07) is 15.5. The Morgan fingerprint density at radius 1 is 1.04 bits per heavy atom. The fraction of sp³-hybridized carbons (Fsp3) is 0.238. The normalized spacial score (nSPS) is 10.5. The number of anilines is 3. The Balaban J connectivity index is 1.61. The molecule has 0 bridgehead atoms. The van der Waals surface area contributed by atoms with Gasteiger partial charge in [0.25, 0.3) is 0 Å². The summed E-state index contributed by atoms with van der Waals surface area (Å²) in [5, 5.41) is 3.12. The molecule has 3 rings (SSSR count). The van der Waals surface area contributed by atoms with Crippen molar-refractivity contribution in [2.75, 3.05) is 11.1 Å². The van der Waals surface area contributed by atoms with E-state index in [0.29, 0.717) is 23.9 Å². The highest BCUT2D eigenvalue weighted by atomic mass is 16.5. The predicted molar refractivity (Wildman–Crippen MR) is 108 cm³/mol. The smallest absolute Gasteiger partial charge is 0.232 e. The van der Waals surface area contributed by atoms with E-state index in [1.807, 2.05) is 55.5 Å². The minimum Gasteiger partial charge on any atom is -0.486 e. The third-order valence-electron chi connectivity index (χ3n) is 4.06. The van der Waals surface area contributed by atoms with Crippen molar-refractivity contribution in [2.24, 2.45) is 0 Å². The fourth-order valence-corrected chi connectivity index (χ4v) is 2.55. The molecule has 7 nitrogen and oxygen atoms in total. The van der Waals surface area contributed by atoms with Gasteiger partial charge < -0.3 is 20.6 Å². The Hall–Kier alpha value is -3.48. The number of aryl methyl sites for hydroxylation is 2. The number of carbonyl (C=O) groups is 1. The van der Waals surface area contributed by atoms with Gasteiger partial charge in [0.2, 0.25) is 11.9 Å². The largest absolute Gasteiger partial charge is 0.486 e. The van der Waals surface area contributed by atoms with E-state index in [1.54, 1.807) is 6.92 Å². The van der Waals surface area contributed by atoms with Crippen LogP contribution in [0.1, 0.15) is 30.3 Å². The summed E-state index contributed by atoms with van der Waals surface area (Å²) in [4.78, 5) is 23.7. The van der Waals surface area contributed by atoms with E-state index in [4.69, 9.17) is 10.5 Å². The number of nitrogen functional groups attached to an aromatic ring is 1. The van der Waals surface area contributed by atoms with Crippen molar-refractivity contribution in [3.8, 4) is 5.75 Å². The van der Waals surface area contributed by atoms with Crippen molar-refractivity contribution in [1.29, 1.82) is 0 Å².